The Kier molecular flexibility index (Phi) is 3.14. The van der Waals surface area contributed by atoms with E-state index >= 15 is 0 Å². The molecule has 1 aromatic carbocycles. The van der Waals surface area contributed by atoms with Gasteiger partial charge in [-0.1, -0.05) is 0 Å². The smallest absolute Gasteiger partial charge is 0.147 e. The maximum atomic E-state index is 9.11. The summed E-state index contributed by atoms with van der Waals surface area (Å²) in [5.74, 6) is 1.77. The Bertz CT molecular complexity index is 479. The van der Waals surface area contributed by atoms with Crippen LogP contribution in [0.15, 0.2) is 35.1 Å². The molecule has 0 saturated carbocycles. The number of nitrogens with zero attached hydrogens (tertiary/aromatic N) is 2. The second-order valence-electron chi connectivity index (χ2n) is 3.34. The minimum absolute atomic E-state index is 0.229. The van der Waals surface area contributed by atoms with Crippen molar-refractivity contribution >= 4 is 15.9 Å². The summed E-state index contributed by atoms with van der Waals surface area (Å²) in [6, 6.07) is 6.61. The molecule has 0 fully saturated rings. The van der Waals surface area contributed by atoms with Crippen LogP contribution in [0.4, 0.5) is 0 Å². The van der Waals surface area contributed by atoms with E-state index in [0.717, 1.165) is 10.4 Å². The van der Waals surface area contributed by atoms with Gasteiger partial charge >= 0.3 is 0 Å². The van der Waals surface area contributed by atoms with E-state index in [2.05, 4.69) is 20.9 Å². The van der Waals surface area contributed by atoms with Crippen LogP contribution in [0, 0.1) is 0 Å². The van der Waals surface area contributed by atoms with Crippen LogP contribution in [0.25, 0.3) is 0 Å². The van der Waals surface area contributed by atoms with Gasteiger partial charge in [-0.25, -0.2) is 4.98 Å². The van der Waals surface area contributed by atoms with E-state index in [-0.39, 0.29) is 5.75 Å². The van der Waals surface area contributed by atoms with Gasteiger partial charge in [0.1, 0.15) is 28.5 Å². The first-order chi connectivity index (χ1) is 7.66. The zero-order chi connectivity index (χ0) is 11.5. The van der Waals surface area contributed by atoms with Crippen LogP contribution in [0.2, 0.25) is 0 Å². The number of phenols is 1. The molecule has 1 aromatic heterocycles. The Balaban J connectivity index is 2.02. The number of hydrogen-bond donors (Lipinski definition) is 1. The average molecular weight is 283 g/mol. The van der Waals surface area contributed by atoms with Gasteiger partial charge in [0.15, 0.2) is 0 Å². The predicted octanol–water partition coefficient (Wildman–Crippen LogP) is 2.47. The molecule has 2 aromatic rings. The van der Waals surface area contributed by atoms with Crippen molar-refractivity contribution < 1.29 is 9.84 Å². The van der Waals surface area contributed by atoms with E-state index in [4.69, 9.17) is 9.84 Å². The first-order valence-corrected chi connectivity index (χ1v) is 5.54. The molecule has 0 aliphatic carbocycles. The Morgan fingerprint density at radius 2 is 2.06 bits per heavy atom. The number of rotatable bonds is 3. The largest absolute Gasteiger partial charge is 0.508 e. The summed E-state index contributed by atoms with van der Waals surface area (Å²) in [7, 11) is 1.91. The van der Waals surface area contributed by atoms with Crippen molar-refractivity contribution in [2.24, 2.45) is 7.05 Å². The SMILES string of the molecule is Cn1c(Br)cnc1COc1ccc(O)cc1. The third kappa shape index (κ3) is 2.36. The number of benzene rings is 1. The molecule has 1 heterocycles. The molecule has 0 spiro atoms. The summed E-state index contributed by atoms with van der Waals surface area (Å²) in [6.45, 7) is 0.396. The zero-order valence-corrected chi connectivity index (χ0v) is 10.3. The highest BCUT2D eigenvalue weighted by atomic mass is 79.9. The number of halogens is 1. The fraction of sp³-hybridized carbons (Fsp3) is 0.182. The van der Waals surface area contributed by atoms with E-state index < -0.39 is 0 Å². The van der Waals surface area contributed by atoms with Crippen molar-refractivity contribution in [1.82, 2.24) is 9.55 Å². The topological polar surface area (TPSA) is 47.3 Å². The molecule has 84 valence electrons. The van der Waals surface area contributed by atoms with Gasteiger partial charge in [-0.2, -0.15) is 0 Å². The van der Waals surface area contributed by atoms with Crippen LogP contribution in [0.1, 0.15) is 5.82 Å². The molecule has 0 bridgehead atoms. The summed E-state index contributed by atoms with van der Waals surface area (Å²) >= 11 is 3.36. The van der Waals surface area contributed by atoms with Gasteiger partial charge in [0.05, 0.1) is 6.20 Å². The second kappa shape index (κ2) is 4.57. The Hall–Kier alpha value is -1.49. The highest BCUT2D eigenvalue weighted by Gasteiger charge is 2.04. The maximum absolute atomic E-state index is 9.11. The number of imidazole rings is 1. The molecular formula is C11H11BrN2O2. The van der Waals surface area contributed by atoms with E-state index in [1.165, 1.54) is 0 Å². The molecule has 0 aliphatic rings. The number of aromatic nitrogens is 2. The molecule has 0 radical (unpaired) electrons. The standard InChI is InChI=1S/C11H11BrN2O2/c1-14-10(12)6-13-11(14)7-16-9-4-2-8(15)3-5-9/h2-6,15H,7H2,1H3. The lowest BCUT2D eigenvalue weighted by Gasteiger charge is -2.06. The quantitative estimate of drug-likeness (QED) is 0.941. The highest BCUT2D eigenvalue weighted by Crippen LogP contribution is 2.17. The number of phenolic OH excluding ortho intramolecular Hbond substituents is 1. The van der Waals surface area contributed by atoms with Gasteiger partial charge in [0.25, 0.3) is 0 Å². The monoisotopic (exact) mass is 282 g/mol. The molecule has 0 aliphatic heterocycles. The minimum atomic E-state index is 0.229. The summed E-state index contributed by atoms with van der Waals surface area (Å²) in [6.07, 6.45) is 1.73. The van der Waals surface area contributed by atoms with Crippen molar-refractivity contribution in [3.63, 3.8) is 0 Å². The van der Waals surface area contributed by atoms with Crippen LogP contribution in [0.5, 0.6) is 11.5 Å². The van der Waals surface area contributed by atoms with E-state index in [1.54, 1.807) is 30.5 Å². The van der Waals surface area contributed by atoms with Crippen molar-refractivity contribution in [3.05, 3.63) is 40.9 Å². The van der Waals surface area contributed by atoms with Crippen molar-refractivity contribution in [1.29, 1.82) is 0 Å². The van der Waals surface area contributed by atoms with Crippen LogP contribution in [-0.2, 0) is 13.7 Å². The fourth-order valence-electron chi connectivity index (χ4n) is 1.25. The fourth-order valence-corrected chi connectivity index (χ4v) is 1.56. The summed E-state index contributed by atoms with van der Waals surface area (Å²) in [5, 5.41) is 9.11. The van der Waals surface area contributed by atoms with Gasteiger partial charge in [-0.3, -0.25) is 0 Å². The van der Waals surface area contributed by atoms with Crippen LogP contribution < -0.4 is 4.74 Å². The minimum Gasteiger partial charge on any atom is -0.508 e. The molecule has 0 unspecified atom stereocenters. The average Bonchev–Trinajstić information content (AvgIpc) is 2.60. The Morgan fingerprint density at radius 3 is 2.62 bits per heavy atom. The first-order valence-electron chi connectivity index (χ1n) is 4.75. The molecule has 0 amide bonds. The van der Waals surface area contributed by atoms with Crippen molar-refractivity contribution in [3.8, 4) is 11.5 Å². The molecule has 1 N–H and O–H groups in total. The van der Waals surface area contributed by atoms with Crippen LogP contribution in [-0.4, -0.2) is 14.7 Å². The van der Waals surface area contributed by atoms with E-state index in [1.807, 2.05) is 11.6 Å². The normalized spacial score (nSPS) is 10.4. The maximum Gasteiger partial charge on any atom is 0.147 e. The van der Waals surface area contributed by atoms with E-state index in [9.17, 15) is 0 Å². The molecule has 0 saturated heterocycles. The predicted molar refractivity (Wildman–Crippen MR) is 63.3 cm³/mol. The number of aromatic hydroxyl groups is 1. The zero-order valence-electron chi connectivity index (χ0n) is 8.72. The van der Waals surface area contributed by atoms with E-state index in [0.29, 0.717) is 12.4 Å². The Labute approximate surface area is 102 Å². The summed E-state index contributed by atoms with van der Waals surface area (Å²) in [4.78, 5) is 4.19. The lowest BCUT2D eigenvalue weighted by Crippen LogP contribution is -2.03. The van der Waals surface area contributed by atoms with Gasteiger partial charge in [-0.15, -0.1) is 0 Å². The number of hydrogen-bond acceptors (Lipinski definition) is 3. The third-order valence-corrected chi connectivity index (χ3v) is 2.97. The second-order valence-corrected chi connectivity index (χ2v) is 4.15. The van der Waals surface area contributed by atoms with Gasteiger partial charge in [0.2, 0.25) is 0 Å². The Morgan fingerprint density at radius 1 is 1.38 bits per heavy atom. The van der Waals surface area contributed by atoms with Crippen LogP contribution in [0.3, 0.4) is 0 Å². The number of ether oxygens (including phenoxy) is 1. The molecule has 0 atom stereocenters. The molecule has 16 heavy (non-hydrogen) atoms. The third-order valence-electron chi connectivity index (χ3n) is 2.23. The molecule has 4 nitrogen and oxygen atoms in total. The van der Waals surface area contributed by atoms with Gasteiger partial charge in [0, 0.05) is 7.05 Å². The highest BCUT2D eigenvalue weighted by molar-refractivity contribution is 9.10. The summed E-state index contributed by atoms with van der Waals surface area (Å²) in [5.41, 5.74) is 0. The van der Waals surface area contributed by atoms with Crippen molar-refractivity contribution in [2.75, 3.05) is 0 Å². The lowest BCUT2D eigenvalue weighted by molar-refractivity contribution is 0.291. The molecular weight excluding hydrogens is 272 g/mol. The lowest BCUT2D eigenvalue weighted by atomic mass is 10.3. The van der Waals surface area contributed by atoms with Crippen LogP contribution >= 0.6 is 15.9 Å². The van der Waals surface area contributed by atoms with Crippen molar-refractivity contribution in [2.45, 2.75) is 6.61 Å². The molecule has 2 rings (SSSR count). The molecule has 5 heteroatoms. The van der Waals surface area contributed by atoms with Gasteiger partial charge < -0.3 is 14.4 Å². The first kappa shape index (κ1) is 11.0. The van der Waals surface area contributed by atoms with Gasteiger partial charge in [-0.05, 0) is 40.2 Å². The summed E-state index contributed by atoms with van der Waals surface area (Å²) < 4.78 is 8.34.